The van der Waals surface area contributed by atoms with Crippen LogP contribution in [0, 0.1) is 0 Å². The van der Waals surface area contributed by atoms with Crippen LogP contribution in [0.2, 0.25) is 0 Å². The summed E-state index contributed by atoms with van der Waals surface area (Å²) < 4.78 is 27.9. The highest BCUT2D eigenvalue weighted by Gasteiger charge is 2.24. The van der Waals surface area contributed by atoms with E-state index in [1.165, 1.54) is 26.5 Å². The molecule has 1 saturated heterocycles. The molecule has 3 aromatic rings. The van der Waals surface area contributed by atoms with E-state index in [1.807, 2.05) is 0 Å². The number of nitrogens with one attached hydrogen (secondary N) is 1. The predicted molar refractivity (Wildman–Crippen MR) is 159 cm³/mol. The normalized spacial score (nSPS) is 13.7. The number of aromatic nitrogens is 2. The first kappa shape index (κ1) is 30.5. The number of carboxylic acid groups (broad SMARTS) is 1. The monoisotopic (exact) mass is 582 g/mol. The summed E-state index contributed by atoms with van der Waals surface area (Å²) in [4.78, 5) is 26.9. The Morgan fingerprint density at radius 1 is 0.952 bits per heavy atom. The fraction of sp³-hybridized carbons (Fsp3) is 0.414. The second-order valence-corrected chi connectivity index (χ2v) is 9.58. The van der Waals surface area contributed by atoms with Crippen LogP contribution >= 0.6 is 0 Å². The lowest BCUT2D eigenvalue weighted by atomic mass is 10.2. The summed E-state index contributed by atoms with van der Waals surface area (Å²) in [5.74, 6) is 2.55. The van der Waals surface area contributed by atoms with E-state index < -0.39 is 6.09 Å². The summed E-state index contributed by atoms with van der Waals surface area (Å²) in [6, 6.07) is 9.82. The first-order chi connectivity index (χ1) is 20.4. The summed E-state index contributed by atoms with van der Waals surface area (Å²) in [5, 5.41) is 13.2. The van der Waals surface area contributed by atoms with Crippen LogP contribution in [0.3, 0.4) is 0 Å². The molecule has 1 aromatic heterocycles. The number of rotatable bonds is 13. The molecule has 42 heavy (non-hydrogen) atoms. The zero-order chi connectivity index (χ0) is 30.1. The van der Waals surface area contributed by atoms with Crippen LogP contribution in [0.4, 0.5) is 27.9 Å². The molecule has 0 atom stereocenters. The van der Waals surface area contributed by atoms with Crippen molar-refractivity contribution in [2.75, 3.05) is 85.0 Å². The Kier molecular flexibility index (Phi) is 10.5. The highest BCUT2D eigenvalue weighted by atomic mass is 16.5. The van der Waals surface area contributed by atoms with Gasteiger partial charge in [0.05, 0.1) is 40.7 Å². The van der Waals surface area contributed by atoms with Crippen molar-refractivity contribution >= 4 is 29.2 Å². The molecule has 226 valence electrons. The third kappa shape index (κ3) is 7.42. The fourth-order valence-corrected chi connectivity index (χ4v) is 4.61. The van der Waals surface area contributed by atoms with Crippen molar-refractivity contribution in [2.45, 2.75) is 6.42 Å². The van der Waals surface area contributed by atoms with Crippen molar-refractivity contribution in [2.24, 2.45) is 0 Å². The summed E-state index contributed by atoms with van der Waals surface area (Å²) in [7, 11) is 8.22. The number of piperazine rings is 1. The van der Waals surface area contributed by atoms with Crippen LogP contribution < -0.4 is 33.9 Å². The van der Waals surface area contributed by atoms with E-state index in [0.29, 0.717) is 41.0 Å². The molecule has 0 radical (unpaired) electrons. The molecule has 1 amide bonds. The van der Waals surface area contributed by atoms with Gasteiger partial charge in [-0.05, 0) is 25.6 Å². The molecule has 4 rings (SSSR count). The lowest BCUT2D eigenvalue weighted by Crippen LogP contribution is -2.44. The Morgan fingerprint density at radius 3 is 2.36 bits per heavy atom. The van der Waals surface area contributed by atoms with Crippen LogP contribution in [0.5, 0.6) is 28.7 Å². The van der Waals surface area contributed by atoms with Crippen LogP contribution in [-0.2, 0) is 0 Å². The third-order valence-electron chi connectivity index (χ3n) is 6.86. The van der Waals surface area contributed by atoms with Crippen LogP contribution in [-0.4, -0.2) is 106 Å². The Labute approximate surface area is 245 Å². The molecule has 0 spiro atoms. The molecule has 0 aliphatic carbocycles. The SMILES string of the molecule is COc1ccc(N(C(=O)O)c2ccnc(Nc3cc(OC)c(OC)c(OCCCN4CCN(C)CC4)c3)n2)c(OC)c1. The summed E-state index contributed by atoms with van der Waals surface area (Å²) in [5.41, 5.74) is 0.844. The number of anilines is 4. The molecule has 1 fully saturated rings. The lowest BCUT2D eigenvalue weighted by Gasteiger charge is -2.32. The number of likely N-dealkylation sites (N-methyl/N-ethyl adjacent to an activating group) is 1. The average molecular weight is 583 g/mol. The maximum absolute atomic E-state index is 12.3. The van der Waals surface area contributed by atoms with Gasteiger partial charge in [0.15, 0.2) is 11.5 Å². The van der Waals surface area contributed by atoms with Gasteiger partial charge in [-0.2, -0.15) is 4.98 Å². The van der Waals surface area contributed by atoms with Crippen LogP contribution in [0.25, 0.3) is 0 Å². The van der Waals surface area contributed by atoms with E-state index in [-0.39, 0.29) is 17.5 Å². The second-order valence-electron chi connectivity index (χ2n) is 9.58. The number of amides is 1. The van der Waals surface area contributed by atoms with Crippen LogP contribution in [0.15, 0.2) is 42.6 Å². The highest BCUT2D eigenvalue weighted by Crippen LogP contribution is 2.41. The van der Waals surface area contributed by atoms with Gasteiger partial charge in [0.1, 0.15) is 17.3 Å². The predicted octanol–water partition coefficient (Wildman–Crippen LogP) is 4.09. The fourth-order valence-electron chi connectivity index (χ4n) is 4.61. The topological polar surface area (TPSA) is 131 Å². The molecule has 0 bridgehead atoms. The molecule has 0 saturated carbocycles. The molecule has 2 aromatic carbocycles. The van der Waals surface area contributed by atoms with E-state index >= 15 is 0 Å². The molecule has 1 aliphatic heterocycles. The second kappa shape index (κ2) is 14.4. The molecule has 1 aliphatic rings. The minimum absolute atomic E-state index is 0.115. The highest BCUT2D eigenvalue weighted by molar-refractivity contribution is 5.95. The summed E-state index contributed by atoms with van der Waals surface area (Å²) in [6.45, 7) is 5.69. The van der Waals surface area contributed by atoms with Gasteiger partial charge in [-0.15, -0.1) is 0 Å². The number of hydrogen-bond acceptors (Lipinski definition) is 11. The molecule has 0 unspecified atom stereocenters. The van der Waals surface area contributed by atoms with Gasteiger partial charge in [-0.3, -0.25) is 0 Å². The zero-order valence-electron chi connectivity index (χ0n) is 24.6. The number of nitrogens with zero attached hydrogens (tertiary/aromatic N) is 5. The Bertz CT molecular complexity index is 1350. The zero-order valence-corrected chi connectivity index (χ0v) is 24.6. The van der Waals surface area contributed by atoms with Crippen molar-refractivity contribution in [3.05, 3.63) is 42.6 Å². The Hall–Kier alpha value is -4.49. The summed E-state index contributed by atoms with van der Waals surface area (Å²) >= 11 is 0. The average Bonchev–Trinajstić information content (AvgIpc) is 3.00. The minimum atomic E-state index is -1.25. The summed E-state index contributed by atoms with van der Waals surface area (Å²) in [6.07, 6.45) is 1.08. The van der Waals surface area contributed by atoms with Gasteiger partial charge in [0.25, 0.3) is 0 Å². The van der Waals surface area contributed by atoms with E-state index in [4.69, 9.17) is 23.7 Å². The number of ether oxygens (including phenoxy) is 5. The largest absolute Gasteiger partial charge is 0.497 e. The third-order valence-corrected chi connectivity index (χ3v) is 6.86. The van der Waals surface area contributed by atoms with Crippen molar-refractivity contribution in [1.82, 2.24) is 19.8 Å². The van der Waals surface area contributed by atoms with E-state index in [0.717, 1.165) is 44.0 Å². The molecule has 2 N–H and O–H groups in total. The lowest BCUT2D eigenvalue weighted by molar-refractivity contribution is 0.145. The van der Waals surface area contributed by atoms with Gasteiger partial charge in [0, 0.05) is 68.9 Å². The van der Waals surface area contributed by atoms with Crippen molar-refractivity contribution < 1.29 is 33.6 Å². The number of methoxy groups -OCH3 is 4. The molecule has 2 heterocycles. The van der Waals surface area contributed by atoms with Crippen molar-refractivity contribution in [1.29, 1.82) is 0 Å². The van der Waals surface area contributed by atoms with Gasteiger partial charge >= 0.3 is 6.09 Å². The van der Waals surface area contributed by atoms with Gasteiger partial charge in [0.2, 0.25) is 11.7 Å². The smallest absolute Gasteiger partial charge is 0.417 e. The quantitative estimate of drug-likeness (QED) is 0.282. The van der Waals surface area contributed by atoms with Gasteiger partial charge in [-0.1, -0.05) is 0 Å². The van der Waals surface area contributed by atoms with E-state index in [2.05, 4.69) is 32.1 Å². The first-order valence-electron chi connectivity index (χ1n) is 13.5. The maximum Gasteiger partial charge on any atom is 0.417 e. The Balaban J connectivity index is 1.53. The van der Waals surface area contributed by atoms with Crippen molar-refractivity contribution in [3.8, 4) is 28.7 Å². The minimum Gasteiger partial charge on any atom is -0.497 e. The number of carbonyl (C=O) groups is 1. The van der Waals surface area contributed by atoms with Crippen molar-refractivity contribution in [3.63, 3.8) is 0 Å². The maximum atomic E-state index is 12.3. The van der Waals surface area contributed by atoms with Crippen LogP contribution in [0.1, 0.15) is 6.42 Å². The Morgan fingerprint density at radius 2 is 1.69 bits per heavy atom. The van der Waals surface area contributed by atoms with E-state index in [1.54, 1.807) is 44.6 Å². The van der Waals surface area contributed by atoms with E-state index in [9.17, 15) is 9.90 Å². The molecular weight excluding hydrogens is 544 g/mol. The van der Waals surface area contributed by atoms with Gasteiger partial charge in [-0.25, -0.2) is 14.7 Å². The molecule has 13 heteroatoms. The molecule has 13 nitrogen and oxygen atoms in total. The van der Waals surface area contributed by atoms with Gasteiger partial charge < -0.3 is 43.9 Å². The molecular formula is C29H38N6O7. The number of benzene rings is 2. The first-order valence-corrected chi connectivity index (χ1v) is 13.5. The standard InChI is InChI=1S/C29H38N6O7/c1-33-12-14-34(15-13-33)11-6-16-42-25-18-20(17-24(40-4)27(25)41-5)31-28-30-10-9-26(32-28)35(29(36)37)22-8-7-21(38-2)19-23(22)39-3/h7-10,17-19H,6,11-16H2,1-5H3,(H,36,37)(H,30,31,32). The number of hydrogen-bond donors (Lipinski definition) is 2.